The van der Waals surface area contributed by atoms with Crippen LogP contribution < -0.4 is 5.56 Å². The number of fused-ring (bicyclic) bond motifs is 1. The number of thioether (sulfide) groups is 1. The number of hydrogen-bond acceptors (Lipinski definition) is 4. The highest BCUT2D eigenvalue weighted by Gasteiger charge is 2.54. The predicted octanol–water partition coefficient (Wildman–Crippen LogP) is 5.85. The van der Waals surface area contributed by atoms with Crippen molar-refractivity contribution in [2.45, 2.75) is 82.8 Å². The first-order valence-electron chi connectivity index (χ1n) is 12.2. The fraction of sp³-hybridized carbons (Fsp3) is 0.654. The third-order valence-corrected chi connectivity index (χ3v) is 9.00. The number of nitrogens with zero attached hydrogens (tertiary/aromatic N) is 2. The zero-order valence-electron chi connectivity index (χ0n) is 18.6. The zero-order chi connectivity index (χ0) is 21.4. The normalized spacial score (nSPS) is 29.0. The number of ketones is 1. The molecule has 4 bridgehead atoms. The average molecular weight is 439 g/mol. The van der Waals surface area contributed by atoms with Gasteiger partial charge in [-0.05, 0) is 74.8 Å². The number of para-hydroxylation sites is 1. The van der Waals surface area contributed by atoms with E-state index >= 15 is 0 Å². The molecule has 4 aliphatic carbocycles. The standard InChI is InChI=1S/C26H34N2O2S/c1-2-3-4-7-10-28-24(30)21-8-5-6-9-22(21)27-25(28)31-17-23(29)26-14-18-11-19(15-26)13-20(12-18)16-26/h5-6,8-9,18-20H,2-4,7,10-17H2,1H3. The van der Waals surface area contributed by atoms with Gasteiger partial charge in [0.15, 0.2) is 5.16 Å². The highest BCUT2D eigenvalue weighted by atomic mass is 32.2. The molecule has 4 aliphatic rings. The molecule has 0 N–H and O–H groups in total. The highest BCUT2D eigenvalue weighted by molar-refractivity contribution is 7.99. The minimum absolute atomic E-state index is 0.0341. The topological polar surface area (TPSA) is 52.0 Å². The molecule has 1 aromatic heterocycles. The van der Waals surface area contributed by atoms with E-state index in [4.69, 9.17) is 4.98 Å². The molecule has 0 unspecified atom stereocenters. The van der Waals surface area contributed by atoms with Crippen molar-refractivity contribution in [1.82, 2.24) is 9.55 Å². The fourth-order valence-corrected chi connectivity index (χ4v) is 7.95. The predicted molar refractivity (Wildman–Crippen MR) is 126 cm³/mol. The Morgan fingerprint density at radius 3 is 2.42 bits per heavy atom. The maximum atomic E-state index is 13.5. The summed E-state index contributed by atoms with van der Waals surface area (Å²) in [6, 6.07) is 7.59. The van der Waals surface area contributed by atoms with Gasteiger partial charge in [-0.2, -0.15) is 0 Å². The zero-order valence-corrected chi connectivity index (χ0v) is 19.5. The minimum atomic E-state index is -0.0785. The maximum absolute atomic E-state index is 13.5. The van der Waals surface area contributed by atoms with E-state index in [1.807, 2.05) is 28.8 Å². The molecule has 4 saturated carbocycles. The molecular formula is C26H34N2O2S. The third kappa shape index (κ3) is 4.10. The molecule has 5 heteroatoms. The molecule has 6 rings (SSSR count). The van der Waals surface area contributed by atoms with Crippen LogP contribution in [0.25, 0.3) is 10.9 Å². The minimum Gasteiger partial charge on any atom is -0.298 e. The maximum Gasteiger partial charge on any atom is 0.262 e. The molecule has 0 amide bonds. The van der Waals surface area contributed by atoms with Crippen molar-refractivity contribution in [3.05, 3.63) is 34.6 Å². The summed E-state index contributed by atoms with van der Waals surface area (Å²) in [5, 5.41) is 1.40. The van der Waals surface area contributed by atoms with Gasteiger partial charge >= 0.3 is 0 Å². The monoisotopic (exact) mass is 438 g/mol. The molecule has 1 heterocycles. The molecule has 4 fully saturated rings. The molecule has 0 radical (unpaired) electrons. The Kier molecular flexibility index (Phi) is 5.98. The van der Waals surface area contributed by atoms with Gasteiger partial charge in [0.1, 0.15) is 5.78 Å². The average Bonchev–Trinajstić information content (AvgIpc) is 2.75. The van der Waals surface area contributed by atoms with Crippen LogP contribution in [0.3, 0.4) is 0 Å². The number of carbonyl (C=O) groups excluding carboxylic acids is 1. The molecule has 0 atom stereocenters. The third-order valence-electron chi connectivity index (χ3n) is 8.02. The van der Waals surface area contributed by atoms with Gasteiger partial charge < -0.3 is 0 Å². The lowest BCUT2D eigenvalue weighted by molar-refractivity contribution is -0.141. The first kappa shape index (κ1) is 21.2. The van der Waals surface area contributed by atoms with E-state index < -0.39 is 0 Å². The summed E-state index contributed by atoms with van der Waals surface area (Å²) in [6.45, 7) is 2.88. The summed E-state index contributed by atoms with van der Waals surface area (Å²) < 4.78 is 1.83. The van der Waals surface area contributed by atoms with E-state index in [1.54, 1.807) is 0 Å². The van der Waals surface area contributed by atoms with Gasteiger partial charge in [0.25, 0.3) is 5.56 Å². The Morgan fingerprint density at radius 1 is 1.06 bits per heavy atom. The van der Waals surface area contributed by atoms with Gasteiger partial charge in [-0.25, -0.2) is 4.98 Å². The van der Waals surface area contributed by atoms with E-state index in [0.717, 1.165) is 60.5 Å². The lowest BCUT2D eigenvalue weighted by Crippen LogP contribution is -2.50. The van der Waals surface area contributed by atoms with Crippen molar-refractivity contribution in [3.8, 4) is 0 Å². The SMILES string of the molecule is CCCCCCn1c(SCC(=O)C23CC4CC(CC(C4)C2)C3)nc2ccccc2c1=O. The van der Waals surface area contributed by atoms with Crippen molar-refractivity contribution >= 4 is 28.4 Å². The molecular weight excluding hydrogens is 404 g/mol. The van der Waals surface area contributed by atoms with Gasteiger partial charge in [-0.3, -0.25) is 14.2 Å². The van der Waals surface area contributed by atoms with Crippen LogP contribution in [-0.4, -0.2) is 21.1 Å². The molecule has 0 saturated heterocycles. The van der Waals surface area contributed by atoms with Crippen molar-refractivity contribution in [3.63, 3.8) is 0 Å². The number of Topliss-reactive ketones (excluding diaryl/α,β-unsaturated/α-hetero) is 1. The van der Waals surface area contributed by atoms with E-state index in [-0.39, 0.29) is 11.0 Å². The first-order valence-corrected chi connectivity index (χ1v) is 13.2. The van der Waals surface area contributed by atoms with E-state index in [1.165, 1.54) is 43.9 Å². The first-order chi connectivity index (χ1) is 15.1. The Labute approximate surface area is 189 Å². The van der Waals surface area contributed by atoms with Crippen LogP contribution in [0.2, 0.25) is 0 Å². The van der Waals surface area contributed by atoms with Gasteiger partial charge in [-0.15, -0.1) is 0 Å². The Morgan fingerprint density at radius 2 is 1.74 bits per heavy atom. The Balaban J connectivity index is 1.36. The smallest absolute Gasteiger partial charge is 0.262 e. The second-order valence-corrected chi connectivity index (χ2v) is 11.3. The van der Waals surface area contributed by atoms with Crippen molar-refractivity contribution < 1.29 is 4.79 Å². The lowest BCUT2D eigenvalue weighted by atomic mass is 9.48. The van der Waals surface area contributed by atoms with Gasteiger partial charge in [-0.1, -0.05) is 50.1 Å². The van der Waals surface area contributed by atoms with Crippen LogP contribution >= 0.6 is 11.8 Å². The molecule has 4 nitrogen and oxygen atoms in total. The van der Waals surface area contributed by atoms with E-state index in [0.29, 0.717) is 23.5 Å². The number of rotatable bonds is 9. The Hall–Kier alpha value is -1.62. The summed E-state index contributed by atoms with van der Waals surface area (Å²) in [5.41, 5.74) is 0.694. The van der Waals surface area contributed by atoms with Gasteiger partial charge in [0.2, 0.25) is 0 Å². The number of carbonyl (C=O) groups is 1. The van der Waals surface area contributed by atoms with Crippen LogP contribution in [-0.2, 0) is 11.3 Å². The van der Waals surface area contributed by atoms with Crippen LogP contribution in [0.5, 0.6) is 0 Å². The van der Waals surface area contributed by atoms with E-state index in [9.17, 15) is 9.59 Å². The van der Waals surface area contributed by atoms with Crippen LogP contribution in [0, 0.1) is 23.2 Å². The number of unbranched alkanes of at least 4 members (excludes halogenated alkanes) is 3. The summed E-state index contributed by atoms with van der Waals surface area (Å²) in [6.07, 6.45) is 11.8. The summed E-state index contributed by atoms with van der Waals surface area (Å²) in [5.74, 6) is 3.19. The molecule has 1 aromatic carbocycles. The Bertz CT molecular complexity index is 992. The molecule has 2 aromatic rings. The molecule has 0 aliphatic heterocycles. The number of aromatic nitrogens is 2. The quantitative estimate of drug-likeness (QED) is 0.280. The molecule has 0 spiro atoms. The molecule has 166 valence electrons. The van der Waals surface area contributed by atoms with Crippen molar-refractivity contribution in [2.75, 3.05) is 5.75 Å². The number of benzene rings is 1. The molecule has 31 heavy (non-hydrogen) atoms. The fourth-order valence-electron chi connectivity index (χ4n) is 6.89. The van der Waals surface area contributed by atoms with Crippen LogP contribution in [0.1, 0.15) is 71.1 Å². The number of hydrogen-bond donors (Lipinski definition) is 0. The highest BCUT2D eigenvalue weighted by Crippen LogP contribution is 2.60. The van der Waals surface area contributed by atoms with Crippen LogP contribution in [0.15, 0.2) is 34.2 Å². The van der Waals surface area contributed by atoms with E-state index in [2.05, 4.69) is 6.92 Å². The summed E-state index contributed by atoms with van der Waals surface area (Å²) in [7, 11) is 0. The van der Waals surface area contributed by atoms with Gasteiger partial charge in [0.05, 0.1) is 16.7 Å². The summed E-state index contributed by atoms with van der Waals surface area (Å²) in [4.78, 5) is 31.5. The van der Waals surface area contributed by atoms with Gasteiger partial charge in [0, 0.05) is 12.0 Å². The second-order valence-electron chi connectivity index (χ2n) is 10.3. The van der Waals surface area contributed by atoms with Crippen molar-refractivity contribution in [1.29, 1.82) is 0 Å². The van der Waals surface area contributed by atoms with Crippen molar-refractivity contribution in [2.24, 2.45) is 23.2 Å². The summed E-state index contributed by atoms with van der Waals surface area (Å²) >= 11 is 1.50. The largest absolute Gasteiger partial charge is 0.298 e. The van der Waals surface area contributed by atoms with Crippen LogP contribution in [0.4, 0.5) is 0 Å². The second kappa shape index (κ2) is 8.73. The lowest BCUT2D eigenvalue weighted by Gasteiger charge is -2.56.